The lowest BCUT2D eigenvalue weighted by atomic mass is 10.0. The van der Waals surface area contributed by atoms with Gasteiger partial charge in [-0.05, 0) is 38.5 Å². The van der Waals surface area contributed by atoms with Gasteiger partial charge in [-0.25, -0.2) is 4.57 Å². The van der Waals surface area contributed by atoms with Gasteiger partial charge in [-0.15, -0.1) is 0 Å². The Labute approximate surface area is 295 Å². The van der Waals surface area contributed by atoms with E-state index in [1.54, 1.807) is 0 Å². The molecule has 284 valence electrons. The minimum absolute atomic E-state index is 0.206. The minimum atomic E-state index is -4.75. The molecule has 0 radical (unpaired) electrons. The van der Waals surface area contributed by atoms with E-state index in [4.69, 9.17) is 19.3 Å². The number of hydrogen-bond donors (Lipinski definition) is 2. The molecule has 0 heterocycles. The van der Waals surface area contributed by atoms with Gasteiger partial charge >= 0.3 is 19.8 Å². The van der Waals surface area contributed by atoms with Gasteiger partial charge in [0.05, 0.1) is 6.61 Å². The smallest absolute Gasteiger partial charge is 0.462 e. The van der Waals surface area contributed by atoms with Crippen molar-refractivity contribution in [3.63, 3.8) is 0 Å². The van der Waals surface area contributed by atoms with Crippen LogP contribution in [-0.2, 0) is 28.2 Å². The standard InChI is InChI=1S/C39H75O8P/c1-3-5-7-9-11-13-15-17-19-20-22-23-25-27-29-31-33-38(40)45-35-37(36-46-48(42,43)44)47-39(41)34-32-30-28-26-24-21-18-16-14-12-10-8-6-4-2/h16,18,37H,3-15,17,19-36H2,1-2H3,(H2,42,43,44)/b18-16+/t37-/m1/s1. The molecule has 0 unspecified atom stereocenters. The molecule has 1 atom stereocenters. The van der Waals surface area contributed by atoms with E-state index in [0.717, 1.165) is 51.4 Å². The summed E-state index contributed by atoms with van der Waals surface area (Å²) in [6.07, 6.45) is 37.9. The van der Waals surface area contributed by atoms with Gasteiger partial charge in [-0.2, -0.15) is 0 Å². The van der Waals surface area contributed by atoms with E-state index < -0.39 is 32.5 Å². The summed E-state index contributed by atoms with van der Waals surface area (Å²) in [5.74, 6) is -0.885. The predicted molar refractivity (Wildman–Crippen MR) is 198 cm³/mol. The molecule has 0 aromatic rings. The maximum atomic E-state index is 12.4. The average Bonchev–Trinajstić information content (AvgIpc) is 3.05. The number of rotatable bonds is 37. The highest BCUT2D eigenvalue weighted by Crippen LogP contribution is 2.36. The first-order chi connectivity index (χ1) is 23.3. The van der Waals surface area contributed by atoms with Crippen molar-refractivity contribution in [2.45, 2.75) is 213 Å². The highest BCUT2D eigenvalue weighted by molar-refractivity contribution is 7.46. The quantitative estimate of drug-likeness (QED) is 0.0284. The second-order valence-electron chi connectivity index (χ2n) is 13.6. The monoisotopic (exact) mass is 703 g/mol. The molecule has 0 aromatic heterocycles. The van der Waals surface area contributed by atoms with Crippen LogP contribution in [0.1, 0.15) is 206 Å². The van der Waals surface area contributed by atoms with Crippen LogP contribution >= 0.6 is 7.82 Å². The number of ether oxygens (including phenoxy) is 2. The highest BCUT2D eigenvalue weighted by Gasteiger charge is 2.22. The van der Waals surface area contributed by atoms with Crippen LogP contribution < -0.4 is 0 Å². The first kappa shape index (κ1) is 46.8. The molecule has 0 aliphatic rings. The van der Waals surface area contributed by atoms with Crippen LogP contribution in [0.25, 0.3) is 0 Å². The molecule has 0 aliphatic carbocycles. The Balaban J connectivity index is 3.91. The predicted octanol–water partition coefficient (Wildman–Crippen LogP) is 11.8. The van der Waals surface area contributed by atoms with Crippen molar-refractivity contribution < 1.29 is 37.9 Å². The van der Waals surface area contributed by atoms with Crippen molar-refractivity contribution in [3.8, 4) is 0 Å². The Bertz CT molecular complexity index is 797. The zero-order valence-corrected chi connectivity index (χ0v) is 32.0. The molecule has 9 heteroatoms. The molecular weight excluding hydrogens is 627 g/mol. The highest BCUT2D eigenvalue weighted by atomic mass is 31.2. The zero-order valence-electron chi connectivity index (χ0n) is 31.2. The summed E-state index contributed by atoms with van der Waals surface area (Å²) in [7, 11) is -4.75. The van der Waals surface area contributed by atoms with Crippen LogP contribution in [0.5, 0.6) is 0 Å². The van der Waals surface area contributed by atoms with E-state index in [2.05, 4.69) is 30.5 Å². The molecule has 48 heavy (non-hydrogen) atoms. The van der Waals surface area contributed by atoms with Crippen LogP contribution in [0.2, 0.25) is 0 Å². The Kier molecular flexibility index (Phi) is 34.7. The largest absolute Gasteiger partial charge is 0.469 e. The molecule has 0 saturated carbocycles. The first-order valence-corrected chi connectivity index (χ1v) is 21.5. The average molecular weight is 703 g/mol. The van der Waals surface area contributed by atoms with E-state index >= 15 is 0 Å². The number of phosphoric acid groups is 1. The number of hydrogen-bond acceptors (Lipinski definition) is 6. The lowest BCUT2D eigenvalue weighted by Crippen LogP contribution is -2.29. The second-order valence-corrected chi connectivity index (χ2v) is 14.9. The van der Waals surface area contributed by atoms with E-state index in [1.807, 2.05) is 0 Å². The molecular formula is C39H75O8P. The SMILES string of the molecule is CCCCCCC/C=C/CCCCCCCC(=O)O[C@H](COC(=O)CCCCCCCCCCCCCCCCCC)COP(=O)(O)O. The maximum Gasteiger partial charge on any atom is 0.469 e. The van der Waals surface area contributed by atoms with Crippen LogP contribution in [0.4, 0.5) is 0 Å². The van der Waals surface area contributed by atoms with Crippen LogP contribution in [0.15, 0.2) is 12.2 Å². The summed E-state index contributed by atoms with van der Waals surface area (Å²) in [6.45, 7) is 3.68. The fourth-order valence-electron chi connectivity index (χ4n) is 5.78. The van der Waals surface area contributed by atoms with Crippen molar-refractivity contribution in [1.29, 1.82) is 0 Å². The number of unbranched alkanes of at least 4 members (excludes halogenated alkanes) is 25. The van der Waals surface area contributed by atoms with Gasteiger partial charge in [0, 0.05) is 12.8 Å². The third-order valence-corrected chi connectivity index (χ3v) is 9.27. The minimum Gasteiger partial charge on any atom is -0.462 e. The second kappa shape index (κ2) is 35.6. The number of allylic oxidation sites excluding steroid dienone is 2. The number of esters is 2. The third kappa shape index (κ3) is 37.6. The van der Waals surface area contributed by atoms with Gasteiger partial charge in [0.2, 0.25) is 0 Å². The van der Waals surface area contributed by atoms with Crippen molar-refractivity contribution in [1.82, 2.24) is 0 Å². The van der Waals surface area contributed by atoms with Crippen molar-refractivity contribution in [2.24, 2.45) is 0 Å². The lowest BCUT2D eigenvalue weighted by Gasteiger charge is -2.18. The van der Waals surface area contributed by atoms with Gasteiger partial charge < -0.3 is 19.3 Å². The fraction of sp³-hybridized carbons (Fsp3) is 0.897. The summed E-state index contributed by atoms with van der Waals surface area (Å²) in [6, 6.07) is 0. The summed E-state index contributed by atoms with van der Waals surface area (Å²) < 4.78 is 26.3. The van der Waals surface area contributed by atoms with E-state index in [9.17, 15) is 14.2 Å². The Morgan fingerprint density at radius 1 is 0.521 bits per heavy atom. The van der Waals surface area contributed by atoms with Crippen molar-refractivity contribution in [3.05, 3.63) is 12.2 Å². The van der Waals surface area contributed by atoms with Crippen LogP contribution in [0, 0.1) is 0 Å². The van der Waals surface area contributed by atoms with Crippen molar-refractivity contribution in [2.75, 3.05) is 13.2 Å². The molecule has 0 saturated heterocycles. The van der Waals surface area contributed by atoms with Gasteiger partial charge in [-0.3, -0.25) is 14.1 Å². The Hall–Kier alpha value is -1.21. The van der Waals surface area contributed by atoms with Gasteiger partial charge in [0.15, 0.2) is 6.10 Å². The molecule has 0 bridgehead atoms. The third-order valence-electron chi connectivity index (χ3n) is 8.78. The fourth-order valence-corrected chi connectivity index (χ4v) is 6.14. The van der Waals surface area contributed by atoms with Crippen LogP contribution in [-0.4, -0.2) is 41.0 Å². The summed E-state index contributed by atoms with van der Waals surface area (Å²) in [5, 5.41) is 0. The molecule has 0 rings (SSSR count). The summed E-state index contributed by atoms with van der Waals surface area (Å²) in [4.78, 5) is 42.7. The molecule has 0 spiro atoms. The summed E-state index contributed by atoms with van der Waals surface area (Å²) >= 11 is 0. The van der Waals surface area contributed by atoms with Crippen LogP contribution in [0.3, 0.4) is 0 Å². The van der Waals surface area contributed by atoms with E-state index in [1.165, 1.54) is 122 Å². The van der Waals surface area contributed by atoms with Crippen molar-refractivity contribution >= 4 is 19.8 Å². The lowest BCUT2D eigenvalue weighted by molar-refractivity contribution is -0.161. The maximum absolute atomic E-state index is 12.4. The molecule has 8 nitrogen and oxygen atoms in total. The van der Waals surface area contributed by atoms with E-state index in [-0.39, 0.29) is 19.4 Å². The Morgan fingerprint density at radius 3 is 1.27 bits per heavy atom. The molecule has 0 amide bonds. The van der Waals surface area contributed by atoms with E-state index in [0.29, 0.717) is 6.42 Å². The summed E-state index contributed by atoms with van der Waals surface area (Å²) in [5.41, 5.74) is 0. The Morgan fingerprint density at radius 2 is 0.875 bits per heavy atom. The first-order valence-electron chi connectivity index (χ1n) is 20.0. The van der Waals surface area contributed by atoms with Gasteiger partial charge in [-0.1, -0.05) is 167 Å². The van der Waals surface area contributed by atoms with Gasteiger partial charge in [0.25, 0.3) is 0 Å². The molecule has 2 N–H and O–H groups in total. The number of carbonyl (C=O) groups excluding carboxylic acids is 2. The normalized spacial score (nSPS) is 12.5. The number of carbonyl (C=O) groups is 2. The molecule has 0 fully saturated rings. The van der Waals surface area contributed by atoms with Gasteiger partial charge in [0.1, 0.15) is 6.61 Å². The topological polar surface area (TPSA) is 119 Å². The molecule has 0 aromatic carbocycles. The number of phosphoric ester groups is 1. The zero-order chi connectivity index (χ0) is 35.4. The molecule has 0 aliphatic heterocycles.